The summed E-state index contributed by atoms with van der Waals surface area (Å²) in [5.74, 6) is -0.460. The van der Waals surface area contributed by atoms with Crippen LogP contribution in [-0.4, -0.2) is 69.2 Å². The number of benzene rings is 1. The van der Waals surface area contributed by atoms with Crippen molar-refractivity contribution in [3.05, 3.63) is 41.7 Å². The van der Waals surface area contributed by atoms with Crippen LogP contribution in [0.3, 0.4) is 0 Å². The van der Waals surface area contributed by atoms with Gasteiger partial charge in [0.05, 0.1) is 39.3 Å². The number of phosphoric ester groups is 1. The molecule has 3 N–H and O–H groups in total. The van der Waals surface area contributed by atoms with Gasteiger partial charge in [0.25, 0.3) is 0 Å². The molecule has 15 heteroatoms. The standard InChI is InChI=1S/C21H24N5O9P/c1-21(28)15-13(34-19(21)26-10-23-14-16(26)24-20(22)25-17(14)30-2)9-33-36(29,35-15)32-8-11-6-4-5-7-12(11)18(27)31-3/h4-7,10,13,15,19,28H,8-9H2,1-3H3,(H2,22,24,25)/t13-,15-,19-,21-,36-/m1/s1. The second kappa shape index (κ2) is 9.07. The van der Waals surface area contributed by atoms with Crippen molar-refractivity contribution < 1.29 is 42.2 Å². The molecule has 2 fully saturated rings. The molecule has 192 valence electrons. The van der Waals surface area contributed by atoms with E-state index < -0.39 is 37.8 Å². The minimum Gasteiger partial charge on any atom is -0.479 e. The van der Waals surface area contributed by atoms with E-state index in [1.54, 1.807) is 24.3 Å². The first-order chi connectivity index (χ1) is 17.2. The summed E-state index contributed by atoms with van der Waals surface area (Å²) >= 11 is 0. The molecule has 36 heavy (non-hydrogen) atoms. The number of carbonyl (C=O) groups is 1. The number of carbonyl (C=O) groups excluding carboxylic acids is 1. The Bertz CT molecular complexity index is 1360. The van der Waals surface area contributed by atoms with E-state index in [1.165, 1.54) is 32.0 Å². The van der Waals surface area contributed by atoms with Crippen molar-refractivity contribution in [2.75, 3.05) is 26.6 Å². The third-order valence-electron chi connectivity index (χ3n) is 6.01. The number of nitrogens with zero attached hydrogens (tertiary/aromatic N) is 4. The molecule has 0 saturated carbocycles. The van der Waals surface area contributed by atoms with E-state index in [4.69, 9.17) is 33.5 Å². The first kappa shape index (κ1) is 24.6. The number of aromatic nitrogens is 4. The number of hydrogen-bond donors (Lipinski definition) is 2. The van der Waals surface area contributed by atoms with Crippen LogP contribution >= 0.6 is 7.82 Å². The summed E-state index contributed by atoms with van der Waals surface area (Å²) in [5, 5.41) is 11.4. The molecule has 1 aromatic carbocycles. The lowest BCUT2D eigenvalue weighted by molar-refractivity contribution is -0.0911. The van der Waals surface area contributed by atoms with Crippen LogP contribution in [-0.2, 0) is 34.2 Å². The Morgan fingerprint density at radius 1 is 1.33 bits per heavy atom. The number of hydrogen-bond acceptors (Lipinski definition) is 13. The van der Waals surface area contributed by atoms with E-state index in [0.29, 0.717) is 11.1 Å². The molecule has 0 spiro atoms. The Balaban J connectivity index is 1.38. The number of nitrogens with two attached hydrogens (primary N) is 1. The van der Waals surface area contributed by atoms with Crippen LogP contribution in [0, 0.1) is 0 Å². The Hall–Kier alpha value is -3.13. The number of rotatable bonds is 6. The summed E-state index contributed by atoms with van der Waals surface area (Å²) in [4.78, 5) is 24.5. The number of imidazole rings is 1. The van der Waals surface area contributed by atoms with Gasteiger partial charge in [-0.05, 0) is 18.6 Å². The van der Waals surface area contributed by atoms with Crippen LogP contribution in [0.1, 0.15) is 29.1 Å². The first-order valence-corrected chi connectivity index (χ1v) is 12.3. The van der Waals surface area contributed by atoms with Gasteiger partial charge in [0.1, 0.15) is 17.8 Å². The Morgan fingerprint density at radius 3 is 2.86 bits per heavy atom. The zero-order valence-corrected chi connectivity index (χ0v) is 20.5. The van der Waals surface area contributed by atoms with Crippen molar-refractivity contribution in [1.82, 2.24) is 19.5 Å². The number of methoxy groups -OCH3 is 2. The zero-order valence-electron chi connectivity index (χ0n) is 19.6. The van der Waals surface area contributed by atoms with E-state index in [0.717, 1.165) is 0 Å². The van der Waals surface area contributed by atoms with Crippen molar-refractivity contribution in [3.63, 3.8) is 0 Å². The Morgan fingerprint density at radius 2 is 2.11 bits per heavy atom. The van der Waals surface area contributed by atoms with E-state index in [1.807, 2.05) is 0 Å². The Labute approximate surface area is 204 Å². The quantitative estimate of drug-likeness (QED) is 0.353. The maximum absolute atomic E-state index is 13.3. The van der Waals surface area contributed by atoms with Crippen molar-refractivity contribution in [2.24, 2.45) is 0 Å². The summed E-state index contributed by atoms with van der Waals surface area (Å²) < 4.78 is 47.3. The van der Waals surface area contributed by atoms with Gasteiger partial charge in [-0.25, -0.2) is 14.3 Å². The van der Waals surface area contributed by atoms with Gasteiger partial charge >= 0.3 is 13.8 Å². The highest BCUT2D eigenvalue weighted by Crippen LogP contribution is 2.59. The topological polar surface area (TPSA) is 179 Å². The molecular weight excluding hydrogens is 497 g/mol. The number of anilines is 1. The van der Waals surface area contributed by atoms with E-state index in [9.17, 15) is 14.5 Å². The van der Waals surface area contributed by atoms with Gasteiger partial charge in [-0.3, -0.25) is 18.1 Å². The molecular formula is C21H24N5O9P. The fourth-order valence-corrected chi connectivity index (χ4v) is 5.72. The van der Waals surface area contributed by atoms with Gasteiger partial charge in [-0.1, -0.05) is 18.2 Å². The van der Waals surface area contributed by atoms with E-state index in [2.05, 4.69) is 15.0 Å². The number of esters is 1. The van der Waals surface area contributed by atoms with Crippen LogP contribution in [0.25, 0.3) is 11.2 Å². The van der Waals surface area contributed by atoms with E-state index in [-0.39, 0.29) is 36.3 Å². The minimum atomic E-state index is -4.14. The van der Waals surface area contributed by atoms with Crippen LogP contribution in [0.4, 0.5) is 5.95 Å². The first-order valence-electron chi connectivity index (χ1n) is 10.8. The predicted molar refractivity (Wildman–Crippen MR) is 122 cm³/mol. The molecule has 14 nitrogen and oxygen atoms in total. The van der Waals surface area contributed by atoms with Gasteiger partial charge < -0.3 is 25.1 Å². The zero-order chi connectivity index (χ0) is 25.7. The normalized spacial score (nSPS) is 29.7. The molecule has 2 aromatic heterocycles. The molecule has 4 heterocycles. The van der Waals surface area contributed by atoms with Crippen LogP contribution in [0.15, 0.2) is 30.6 Å². The summed E-state index contributed by atoms with van der Waals surface area (Å²) in [7, 11) is -1.46. The largest absolute Gasteiger partial charge is 0.479 e. The third-order valence-corrected chi connectivity index (χ3v) is 7.41. The second-order valence-electron chi connectivity index (χ2n) is 8.36. The smallest absolute Gasteiger partial charge is 0.475 e. The molecule has 2 saturated heterocycles. The SMILES string of the molecule is COC(=O)c1ccccc1CO[P@]1(=O)OC[C@H]2O[C@@H](n3cnc4c(OC)nc(N)nc43)[C@](C)(O)[C@@H]2O1. The maximum Gasteiger partial charge on any atom is 0.475 e. The van der Waals surface area contributed by atoms with Gasteiger partial charge in [0.2, 0.25) is 11.8 Å². The van der Waals surface area contributed by atoms with Crippen molar-refractivity contribution >= 4 is 30.9 Å². The minimum absolute atomic E-state index is 0.0547. The molecule has 3 aromatic rings. The van der Waals surface area contributed by atoms with Gasteiger partial charge in [0, 0.05) is 0 Å². The fourth-order valence-electron chi connectivity index (χ4n) is 4.27. The highest BCUT2D eigenvalue weighted by atomic mass is 31.2. The summed E-state index contributed by atoms with van der Waals surface area (Å²) in [6.45, 7) is 1.03. The molecule has 0 unspecified atom stereocenters. The van der Waals surface area contributed by atoms with Crippen molar-refractivity contribution in [2.45, 2.75) is 37.6 Å². The lowest BCUT2D eigenvalue weighted by atomic mass is 9.96. The summed E-state index contributed by atoms with van der Waals surface area (Å²) in [6.07, 6.45) is -1.52. The third kappa shape index (κ3) is 4.11. The summed E-state index contributed by atoms with van der Waals surface area (Å²) in [5.41, 5.74) is 5.34. The molecule has 0 aliphatic carbocycles. The molecule has 0 bridgehead atoms. The summed E-state index contributed by atoms with van der Waals surface area (Å²) in [6, 6.07) is 6.54. The highest BCUT2D eigenvalue weighted by Gasteiger charge is 2.60. The van der Waals surface area contributed by atoms with Crippen LogP contribution in [0.5, 0.6) is 5.88 Å². The van der Waals surface area contributed by atoms with Crippen molar-refractivity contribution in [3.8, 4) is 5.88 Å². The molecule has 0 amide bonds. The molecule has 2 aliphatic rings. The monoisotopic (exact) mass is 521 g/mol. The molecule has 5 atom stereocenters. The maximum atomic E-state index is 13.3. The van der Waals surface area contributed by atoms with Gasteiger partial charge in [-0.15, -0.1) is 0 Å². The number of fused-ring (bicyclic) bond motifs is 2. The second-order valence-corrected chi connectivity index (χ2v) is 9.98. The average Bonchev–Trinajstić information content (AvgIpc) is 3.39. The van der Waals surface area contributed by atoms with Crippen LogP contribution < -0.4 is 10.5 Å². The van der Waals surface area contributed by atoms with E-state index >= 15 is 0 Å². The lowest BCUT2D eigenvalue weighted by Crippen LogP contribution is -2.47. The molecule has 0 radical (unpaired) electrons. The average molecular weight is 521 g/mol. The van der Waals surface area contributed by atoms with Crippen LogP contribution in [0.2, 0.25) is 0 Å². The lowest BCUT2D eigenvalue weighted by Gasteiger charge is -2.35. The Kier molecular flexibility index (Phi) is 6.19. The predicted octanol–water partition coefficient (Wildman–Crippen LogP) is 1.59. The number of aliphatic hydroxyl groups is 1. The van der Waals surface area contributed by atoms with Gasteiger partial charge in [-0.2, -0.15) is 9.97 Å². The molecule has 5 rings (SSSR count). The number of ether oxygens (including phenoxy) is 3. The number of phosphoric acid groups is 1. The van der Waals surface area contributed by atoms with Gasteiger partial charge in [0.15, 0.2) is 17.4 Å². The molecule has 2 aliphatic heterocycles. The van der Waals surface area contributed by atoms with Crippen molar-refractivity contribution in [1.29, 1.82) is 0 Å². The number of nitrogen functional groups attached to an aromatic ring is 1. The fraction of sp³-hybridized carbons (Fsp3) is 0.429. The highest BCUT2D eigenvalue weighted by molar-refractivity contribution is 7.48.